The highest BCUT2D eigenvalue weighted by Crippen LogP contribution is 2.62. The van der Waals surface area contributed by atoms with E-state index in [2.05, 4.69) is 9.72 Å². The van der Waals surface area contributed by atoms with Gasteiger partial charge in [-0.05, 0) is 30.6 Å². The third-order valence-corrected chi connectivity index (χ3v) is 11.5. The third-order valence-electron chi connectivity index (χ3n) is 7.99. The summed E-state index contributed by atoms with van der Waals surface area (Å²) < 4.78 is 75.5. The molecule has 288 valence electrons. The van der Waals surface area contributed by atoms with Crippen molar-refractivity contribution in [2.45, 2.75) is 94.5 Å². The smallest absolute Gasteiger partial charge is 0.463 e. The normalized spacial score (nSPS) is 33.7. The Kier molecular flexibility index (Phi) is 13.1. The number of aliphatic hydroxyl groups excluding tert-OH is 2. The van der Waals surface area contributed by atoms with Crippen LogP contribution in [-0.2, 0) is 72.5 Å². The number of hydrogen-bond acceptors (Lipinski definition) is 18. The molecule has 0 aromatic carbocycles. The van der Waals surface area contributed by atoms with Gasteiger partial charge in [0.15, 0.2) is 24.6 Å². The van der Waals surface area contributed by atoms with Gasteiger partial charge in [-0.25, -0.2) is 18.1 Å². The molecule has 6 unspecified atom stereocenters. The van der Waals surface area contributed by atoms with Crippen LogP contribution in [0.1, 0.15) is 39.8 Å². The lowest BCUT2D eigenvalue weighted by Crippen LogP contribution is -2.63. The predicted molar refractivity (Wildman–Crippen MR) is 165 cm³/mol. The minimum Gasteiger partial charge on any atom is -0.463 e. The van der Waals surface area contributed by atoms with Crippen LogP contribution in [-0.4, -0.2) is 122 Å². The fourth-order valence-electron chi connectivity index (χ4n) is 5.81. The van der Waals surface area contributed by atoms with E-state index in [0.29, 0.717) is 12.8 Å². The Balaban J connectivity index is 1.51. The van der Waals surface area contributed by atoms with Gasteiger partial charge in [0.05, 0.1) is 6.61 Å². The van der Waals surface area contributed by atoms with Gasteiger partial charge in [0.25, 0.3) is 5.56 Å². The molecule has 1 aromatic rings. The average molecular weight is 795 g/mol. The maximum Gasteiger partial charge on any atom is 0.481 e. The van der Waals surface area contributed by atoms with Crippen LogP contribution in [0.15, 0.2) is 21.9 Å². The summed E-state index contributed by atoms with van der Waals surface area (Å²) in [7, 11) is -4.42. The molecular formula is C26H37FN2O19P2S. The van der Waals surface area contributed by atoms with Crippen LogP contribution in [0.3, 0.4) is 0 Å². The molecule has 1 aromatic heterocycles. The second-order valence-corrected chi connectivity index (χ2v) is 16.0. The number of phosphoric acid groups is 1. The number of phosphoric ester groups is 1. The van der Waals surface area contributed by atoms with Crippen molar-refractivity contribution in [3.05, 3.63) is 33.1 Å². The van der Waals surface area contributed by atoms with E-state index < -0.39 is 118 Å². The summed E-state index contributed by atoms with van der Waals surface area (Å²) in [4.78, 5) is 82.4. The Morgan fingerprint density at radius 1 is 1.10 bits per heavy atom. The first kappa shape index (κ1) is 41.3. The van der Waals surface area contributed by atoms with Crippen LogP contribution in [0.2, 0.25) is 0 Å². The van der Waals surface area contributed by atoms with Crippen molar-refractivity contribution < 1.29 is 85.1 Å². The number of H-pyrrole nitrogens is 1. The second kappa shape index (κ2) is 16.3. The highest BCUT2D eigenvalue weighted by molar-refractivity contribution is 8.08. The molecule has 0 radical (unpaired) electrons. The van der Waals surface area contributed by atoms with Crippen molar-refractivity contribution in [3.63, 3.8) is 0 Å². The molecule has 4 rings (SSSR count). The summed E-state index contributed by atoms with van der Waals surface area (Å²) in [5, 5.41) is 22.2. The van der Waals surface area contributed by atoms with E-state index in [4.69, 9.17) is 48.8 Å². The number of aromatic amines is 1. The number of halogens is 1. The zero-order valence-electron chi connectivity index (χ0n) is 27.3. The summed E-state index contributed by atoms with van der Waals surface area (Å²) in [5.41, 5.74) is -3.12. The number of carbonyl (C=O) groups is 3. The number of carbonyl (C=O) groups excluding carboxylic acids is 3. The first-order chi connectivity index (χ1) is 23.7. The van der Waals surface area contributed by atoms with E-state index in [9.17, 15) is 48.5 Å². The molecule has 2 saturated heterocycles. The Labute approximate surface area is 292 Å². The predicted octanol–water partition coefficient (Wildman–Crippen LogP) is -1.19. The first-order valence-electron chi connectivity index (χ1n) is 15.1. The highest BCUT2D eigenvalue weighted by Gasteiger charge is 2.65. The van der Waals surface area contributed by atoms with E-state index in [1.54, 1.807) is 0 Å². The number of esters is 3. The molecule has 3 aliphatic rings. The van der Waals surface area contributed by atoms with Gasteiger partial charge in [0.1, 0.15) is 36.6 Å². The molecule has 1 aliphatic carbocycles. The summed E-state index contributed by atoms with van der Waals surface area (Å²) in [6, 6.07) is 1.04. The summed E-state index contributed by atoms with van der Waals surface area (Å²) >= 11 is 4.86. The highest BCUT2D eigenvalue weighted by atomic mass is 32.5. The Hall–Kier alpha value is -2.50. The molecule has 3 fully saturated rings. The Bertz CT molecular complexity index is 1670. The number of aliphatic hydroxyl groups is 2. The van der Waals surface area contributed by atoms with Crippen LogP contribution in [0.5, 0.6) is 0 Å². The van der Waals surface area contributed by atoms with E-state index in [1.807, 2.05) is 0 Å². The van der Waals surface area contributed by atoms with Crippen LogP contribution in [0, 0.1) is 5.92 Å². The fourth-order valence-corrected chi connectivity index (χ4v) is 8.91. The zero-order valence-corrected chi connectivity index (χ0v) is 29.9. The summed E-state index contributed by atoms with van der Waals surface area (Å²) in [5.74, 6) is -3.38. The third kappa shape index (κ3) is 9.74. The van der Waals surface area contributed by atoms with Crippen molar-refractivity contribution in [1.29, 1.82) is 0 Å². The molecule has 3 heterocycles. The zero-order chi connectivity index (χ0) is 38.1. The van der Waals surface area contributed by atoms with Gasteiger partial charge in [-0.3, -0.25) is 33.3 Å². The molecule has 21 nitrogen and oxygen atoms in total. The number of rotatable bonds is 15. The standard InChI is InChI=1S/C26H37FN2O19P2S/c1-11(30)41-9-15(27)19-20(43-12(2)31)18(34)21(44-13(3)32)23(46-19)47-49(37,38)48-50(39,51)42-10-16-22(35)26(40-4,14-5-6-14)24(45-16)29-8-7-17(33)28-25(29)36/h7-8,14-16,18-24,34-35H,5-6,9-10H2,1-4H3,(H,37,38)(H,39,51)(H,28,33,36)/t15-,16+,18?,19+,20?,21?,22+,23?,24+,26+,50?/m0/s1. The lowest BCUT2D eigenvalue weighted by molar-refractivity contribution is -0.293. The molecule has 12 atom stereocenters. The summed E-state index contributed by atoms with van der Waals surface area (Å²) in [6.45, 7) is -3.94. The molecule has 0 bridgehead atoms. The van der Waals surface area contributed by atoms with Crippen molar-refractivity contribution in [2.75, 3.05) is 20.3 Å². The number of alkyl halides is 1. The average Bonchev–Trinajstić information content (AvgIpc) is 3.82. The monoisotopic (exact) mass is 794 g/mol. The van der Waals surface area contributed by atoms with Gasteiger partial charge in [-0.1, -0.05) is 0 Å². The Morgan fingerprint density at radius 3 is 2.27 bits per heavy atom. The SMILES string of the molecule is CO[C@]1(C2CC2)[C@H](O)[C@@H](COP(O)(=S)OP(=O)(O)OC2O[C@H]([C@@H](F)COC(C)=O)C(OC(C)=O)C(O)C2OC(C)=O)O[C@H]1n1ccc(=O)[nH]c1=O. The van der Waals surface area contributed by atoms with E-state index >= 15 is 4.39 Å². The summed E-state index contributed by atoms with van der Waals surface area (Å²) in [6.07, 6.45) is -14.9. The molecular weight excluding hydrogens is 757 g/mol. The number of aromatic nitrogens is 2. The van der Waals surface area contributed by atoms with Crippen molar-refractivity contribution in [3.8, 4) is 0 Å². The number of methoxy groups -OCH3 is 1. The topological polar surface area (TPSA) is 287 Å². The molecule has 0 amide bonds. The fraction of sp³-hybridized carbons (Fsp3) is 0.731. The maximum absolute atomic E-state index is 15.2. The van der Waals surface area contributed by atoms with Crippen molar-refractivity contribution in [1.82, 2.24) is 9.55 Å². The minimum atomic E-state index is -5.69. The quantitative estimate of drug-likeness (QED) is 0.0792. The molecule has 0 spiro atoms. The van der Waals surface area contributed by atoms with Crippen LogP contribution in [0.25, 0.3) is 0 Å². The largest absolute Gasteiger partial charge is 0.481 e. The van der Waals surface area contributed by atoms with Crippen LogP contribution < -0.4 is 11.2 Å². The van der Waals surface area contributed by atoms with Crippen LogP contribution in [0.4, 0.5) is 4.39 Å². The number of ether oxygens (including phenoxy) is 6. The second-order valence-electron chi connectivity index (χ2n) is 11.7. The first-order valence-corrected chi connectivity index (χ1v) is 19.2. The van der Waals surface area contributed by atoms with E-state index in [0.717, 1.165) is 37.6 Å². The van der Waals surface area contributed by atoms with Gasteiger partial charge < -0.3 is 52.9 Å². The Morgan fingerprint density at radius 2 is 1.73 bits per heavy atom. The van der Waals surface area contributed by atoms with Gasteiger partial charge in [0, 0.05) is 40.1 Å². The van der Waals surface area contributed by atoms with Crippen molar-refractivity contribution >= 4 is 44.3 Å². The van der Waals surface area contributed by atoms with Gasteiger partial charge in [-0.2, -0.15) is 0 Å². The van der Waals surface area contributed by atoms with Crippen molar-refractivity contribution in [2.24, 2.45) is 5.92 Å². The van der Waals surface area contributed by atoms with E-state index in [-0.39, 0.29) is 5.92 Å². The molecule has 1 saturated carbocycles. The molecule has 25 heteroatoms. The van der Waals surface area contributed by atoms with Gasteiger partial charge in [0.2, 0.25) is 6.29 Å². The maximum atomic E-state index is 15.2. The number of nitrogens with zero attached hydrogens (tertiary/aromatic N) is 1. The lowest BCUT2D eigenvalue weighted by Gasteiger charge is -2.43. The lowest BCUT2D eigenvalue weighted by atomic mass is 9.88. The molecule has 2 aliphatic heterocycles. The molecule has 5 N–H and O–H groups in total. The van der Waals surface area contributed by atoms with Gasteiger partial charge >= 0.3 is 38.1 Å². The van der Waals surface area contributed by atoms with E-state index in [1.165, 1.54) is 7.11 Å². The number of hydrogen-bond donors (Lipinski definition) is 5. The minimum absolute atomic E-state index is 0.316. The molecule has 51 heavy (non-hydrogen) atoms. The van der Waals surface area contributed by atoms with Gasteiger partial charge in [-0.15, -0.1) is 0 Å². The number of nitrogens with one attached hydrogen (secondary N) is 1. The van der Waals surface area contributed by atoms with Crippen LogP contribution >= 0.6 is 14.5 Å².